The van der Waals surface area contributed by atoms with Crippen molar-refractivity contribution in [3.8, 4) is 35.8 Å². The molecule has 1 aliphatic heterocycles. The van der Waals surface area contributed by atoms with Gasteiger partial charge in [0.1, 0.15) is 50.3 Å². The van der Waals surface area contributed by atoms with Crippen LogP contribution in [0.5, 0.6) is 0 Å². The molecule has 0 N–H and O–H groups in total. The first kappa shape index (κ1) is 42.2. The maximum Gasteiger partial charge on any atom is 0.379 e. The second-order valence-corrected chi connectivity index (χ2v) is 21.6. The van der Waals surface area contributed by atoms with E-state index >= 15 is 0 Å². The van der Waals surface area contributed by atoms with Crippen molar-refractivity contribution >= 4 is 49.5 Å². The molecule has 0 aromatic carbocycles. The van der Waals surface area contributed by atoms with E-state index in [-0.39, 0.29) is 23.0 Å². The Labute approximate surface area is 285 Å². The van der Waals surface area contributed by atoms with E-state index in [0.717, 1.165) is 13.2 Å². The minimum Gasteiger partial charge on any atom is -0.381 e. The van der Waals surface area contributed by atoms with Crippen LogP contribution in [0.25, 0.3) is 0 Å². The van der Waals surface area contributed by atoms with Gasteiger partial charge in [0.25, 0.3) is 0 Å². The molecule has 4 heterocycles. The van der Waals surface area contributed by atoms with E-state index in [1.165, 1.54) is 37.5 Å². The summed E-state index contributed by atoms with van der Waals surface area (Å²) in [6, 6.07) is 9.51. The number of pyridine rings is 3. The maximum absolute atomic E-state index is 10.6. The topological polar surface area (TPSA) is 177 Å². The summed E-state index contributed by atoms with van der Waals surface area (Å²) in [4.78, 5) is 40.1. The molecule has 13 nitrogen and oxygen atoms in total. The summed E-state index contributed by atoms with van der Waals surface area (Å²) in [5, 5.41) is 31.0. The van der Waals surface area contributed by atoms with Gasteiger partial charge in [-0.3, -0.25) is 0 Å². The van der Waals surface area contributed by atoms with Gasteiger partial charge in [-0.15, -0.1) is 23.9 Å². The predicted octanol–water partition coefficient (Wildman–Crippen LogP) is 7.24. The second-order valence-electron chi connectivity index (χ2n) is 11.2. The lowest BCUT2D eigenvalue weighted by atomic mass is 10.3. The number of ether oxygens (including phenoxy) is 1. The molecule has 1 saturated heterocycles. The Hall–Kier alpha value is -4.80. The molecule has 3 aromatic rings. The van der Waals surface area contributed by atoms with E-state index in [4.69, 9.17) is 17.6 Å². The van der Waals surface area contributed by atoms with Gasteiger partial charge in [-0.1, -0.05) is 51.1 Å². The lowest BCUT2D eigenvalue weighted by Crippen LogP contribution is -2.16. The largest absolute Gasteiger partial charge is 0.381 e. The molecule has 4 rings (SSSR count). The number of hydrogen-bond acceptors (Lipinski definition) is 10. The van der Waals surface area contributed by atoms with Gasteiger partial charge in [0.05, 0.1) is 0 Å². The van der Waals surface area contributed by atoms with E-state index in [9.17, 15) is 30.3 Å². The molecule has 0 amide bonds. The SMILES string of the molecule is C#C[Si](C)(C)C.C#Cc1cccnc1[N+](=O)[O-].C1CCOC1.C[Si](C)(C)C#Cc1cccnc1[N+](=O)[O-].O=[N+]([O-])c1ncccc1Br. The summed E-state index contributed by atoms with van der Waals surface area (Å²) < 4.78 is 5.35. The lowest BCUT2D eigenvalue weighted by Gasteiger charge is -2.03. The molecule has 0 atom stereocenters. The Morgan fingerprint density at radius 2 is 1.13 bits per heavy atom. The molecule has 0 aliphatic carbocycles. The summed E-state index contributed by atoms with van der Waals surface area (Å²) in [5.41, 5.74) is 6.42. The molecule has 248 valence electrons. The molecule has 1 fully saturated rings. The van der Waals surface area contributed by atoms with Crippen molar-refractivity contribution in [3.63, 3.8) is 0 Å². The zero-order valence-electron chi connectivity index (χ0n) is 27.1. The number of nitrogens with zero attached hydrogens (tertiary/aromatic N) is 6. The molecular weight excluding hydrogens is 704 g/mol. The fourth-order valence-electron chi connectivity index (χ4n) is 2.57. The van der Waals surface area contributed by atoms with Crippen molar-refractivity contribution in [2.75, 3.05) is 13.2 Å². The third-order valence-electron chi connectivity index (χ3n) is 4.82. The van der Waals surface area contributed by atoms with Gasteiger partial charge in [-0.05, 0) is 94.9 Å². The van der Waals surface area contributed by atoms with E-state index in [1.807, 2.05) is 0 Å². The predicted molar refractivity (Wildman–Crippen MR) is 191 cm³/mol. The normalized spacial score (nSPS) is 11.2. The van der Waals surface area contributed by atoms with Crippen molar-refractivity contribution in [3.05, 3.63) is 101 Å². The number of terminal acetylenes is 2. The van der Waals surface area contributed by atoms with Gasteiger partial charge < -0.3 is 35.1 Å². The monoisotopic (exact) mass is 740 g/mol. The van der Waals surface area contributed by atoms with Crippen molar-refractivity contribution < 1.29 is 19.5 Å². The third-order valence-corrected chi connectivity index (χ3v) is 7.18. The van der Waals surface area contributed by atoms with Crippen LogP contribution in [0.1, 0.15) is 24.0 Å². The lowest BCUT2D eigenvalue weighted by molar-refractivity contribution is -0.390. The van der Waals surface area contributed by atoms with E-state index in [1.54, 1.807) is 30.3 Å². The smallest absolute Gasteiger partial charge is 0.379 e. The Morgan fingerprint density at radius 3 is 1.43 bits per heavy atom. The summed E-state index contributed by atoms with van der Waals surface area (Å²) in [5.74, 6) is 4.43. The van der Waals surface area contributed by atoms with E-state index < -0.39 is 30.9 Å². The molecule has 16 heteroatoms. The van der Waals surface area contributed by atoms with Crippen LogP contribution in [0.4, 0.5) is 17.5 Å². The van der Waals surface area contributed by atoms with Gasteiger partial charge in [0.15, 0.2) is 0 Å². The highest BCUT2D eigenvalue weighted by atomic mass is 79.9. The first-order valence-electron chi connectivity index (χ1n) is 13.9. The van der Waals surface area contributed by atoms with Crippen LogP contribution in [0, 0.1) is 66.1 Å². The van der Waals surface area contributed by atoms with Crippen LogP contribution in [0.15, 0.2) is 59.5 Å². The van der Waals surface area contributed by atoms with Crippen LogP contribution < -0.4 is 0 Å². The van der Waals surface area contributed by atoms with Crippen molar-refractivity contribution in [2.24, 2.45) is 0 Å². The van der Waals surface area contributed by atoms with Crippen LogP contribution in [-0.4, -0.2) is 59.1 Å². The number of aromatic nitrogens is 3. The highest BCUT2D eigenvalue weighted by molar-refractivity contribution is 9.10. The zero-order valence-corrected chi connectivity index (χ0v) is 30.7. The van der Waals surface area contributed by atoms with Crippen LogP contribution in [0.2, 0.25) is 39.3 Å². The summed E-state index contributed by atoms with van der Waals surface area (Å²) in [6.45, 7) is 14.7. The molecule has 0 spiro atoms. The van der Waals surface area contributed by atoms with Crippen LogP contribution >= 0.6 is 15.9 Å². The average molecular weight is 742 g/mol. The summed E-state index contributed by atoms with van der Waals surface area (Å²) >= 11 is 2.99. The highest BCUT2D eigenvalue weighted by Gasteiger charge is 2.14. The number of nitro groups is 3. The molecular formula is C31H37BrN6O7Si2. The van der Waals surface area contributed by atoms with E-state index in [2.05, 4.69) is 93.1 Å². The molecule has 0 unspecified atom stereocenters. The Morgan fingerprint density at radius 1 is 0.723 bits per heavy atom. The van der Waals surface area contributed by atoms with Gasteiger partial charge >= 0.3 is 17.5 Å². The molecule has 47 heavy (non-hydrogen) atoms. The van der Waals surface area contributed by atoms with Crippen LogP contribution in [0.3, 0.4) is 0 Å². The molecule has 0 radical (unpaired) electrons. The van der Waals surface area contributed by atoms with Gasteiger partial charge in [-0.2, -0.15) is 0 Å². The van der Waals surface area contributed by atoms with Gasteiger partial charge in [0, 0.05) is 13.2 Å². The number of halogens is 1. The Balaban J connectivity index is 0.000000591. The molecule has 3 aromatic heterocycles. The van der Waals surface area contributed by atoms with Gasteiger partial charge in [0.2, 0.25) is 0 Å². The second kappa shape index (κ2) is 21.9. The summed E-state index contributed by atoms with van der Waals surface area (Å²) in [7, 11) is -2.61. The summed E-state index contributed by atoms with van der Waals surface area (Å²) in [6.07, 6.45) is 16.8. The maximum atomic E-state index is 10.6. The molecule has 1 aliphatic rings. The van der Waals surface area contributed by atoms with Crippen LogP contribution in [-0.2, 0) is 4.74 Å². The molecule has 0 saturated carbocycles. The zero-order chi connectivity index (χ0) is 36.0. The van der Waals surface area contributed by atoms with Crippen molar-refractivity contribution in [1.29, 1.82) is 0 Å². The Kier molecular flexibility index (Phi) is 19.6. The third kappa shape index (κ3) is 20.0. The van der Waals surface area contributed by atoms with Crippen molar-refractivity contribution in [2.45, 2.75) is 52.1 Å². The van der Waals surface area contributed by atoms with E-state index in [0.29, 0.717) is 10.0 Å². The fourth-order valence-corrected chi connectivity index (χ4v) is 3.48. The Bertz CT molecular complexity index is 1620. The average Bonchev–Trinajstić information content (AvgIpc) is 3.61. The highest BCUT2D eigenvalue weighted by Crippen LogP contribution is 2.19. The number of rotatable bonds is 3. The number of hydrogen-bond donors (Lipinski definition) is 0. The van der Waals surface area contributed by atoms with Crippen molar-refractivity contribution in [1.82, 2.24) is 15.0 Å². The quantitative estimate of drug-likeness (QED) is 0.115. The first-order valence-corrected chi connectivity index (χ1v) is 21.7. The standard InChI is InChI=1S/C10H12N2O2Si.C7H4N2O2.C5H3BrN2O2.C5H10Si.C4H8O/c1-15(2,3)8-6-9-5-4-7-11-10(9)12(13)14;1-2-6-4-3-5-8-7(6)9(10)11;6-4-2-1-3-7-5(4)8(9)10;1-5-6(2,3)4;1-2-4-5-3-1/h4-5,7H,1-3H3;1,3-5H;1-3H;1H,2-4H3;1-4H2. The first-order chi connectivity index (χ1) is 21.9. The fraction of sp³-hybridized carbons (Fsp3) is 0.323. The van der Waals surface area contributed by atoms with Gasteiger partial charge in [-0.25, -0.2) is 0 Å². The molecule has 0 bridgehead atoms. The minimum absolute atomic E-state index is 0.150. The minimum atomic E-state index is -1.51.